The number of nitriles is 1. The molecule has 4 aromatic rings. The topological polar surface area (TPSA) is 142 Å². The number of hydrogen-bond acceptors (Lipinski definition) is 8. The molecule has 45 heavy (non-hydrogen) atoms. The zero-order valence-electron chi connectivity index (χ0n) is 25.4. The van der Waals surface area contributed by atoms with Crippen molar-refractivity contribution in [2.45, 2.75) is 44.6 Å². The Kier molecular flexibility index (Phi) is 9.10. The maximum atomic E-state index is 13.8. The lowest BCUT2D eigenvalue weighted by atomic mass is 9.73. The van der Waals surface area contributed by atoms with E-state index < -0.39 is 0 Å². The number of carbonyl (C=O) groups excluding carboxylic acids is 2. The van der Waals surface area contributed by atoms with Gasteiger partial charge in [-0.2, -0.15) is 10.4 Å². The fourth-order valence-electron chi connectivity index (χ4n) is 6.44. The minimum atomic E-state index is -0.361. The van der Waals surface area contributed by atoms with Crippen LogP contribution >= 0.6 is 0 Å². The van der Waals surface area contributed by atoms with Gasteiger partial charge in [0.15, 0.2) is 5.82 Å². The summed E-state index contributed by atoms with van der Waals surface area (Å²) in [5, 5.41) is 19.9. The van der Waals surface area contributed by atoms with Gasteiger partial charge in [0.2, 0.25) is 11.8 Å². The number of nitrogens with zero attached hydrogens (tertiary/aromatic N) is 7. The van der Waals surface area contributed by atoms with E-state index in [4.69, 9.17) is 9.97 Å². The molecule has 1 aliphatic heterocycles. The van der Waals surface area contributed by atoms with Gasteiger partial charge in [-0.25, -0.2) is 9.97 Å². The van der Waals surface area contributed by atoms with Gasteiger partial charge in [-0.1, -0.05) is 36.4 Å². The predicted molar refractivity (Wildman–Crippen MR) is 169 cm³/mol. The molecule has 11 heteroatoms. The first-order chi connectivity index (χ1) is 22.0. The van der Waals surface area contributed by atoms with Crippen LogP contribution in [0.1, 0.15) is 54.2 Å². The summed E-state index contributed by atoms with van der Waals surface area (Å²) in [4.78, 5) is 41.6. The Morgan fingerprint density at radius 3 is 2.58 bits per heavy atom. The van der Waals surface area contributed by atoms with Crippen LogP contribution in [0, 0.1) is 23.2 Å². The van der Waals surface area contributed by atoms with Crippen LogP contribution < -0.4 is 15.5 Å². The summed E-state index contributed by atoms with van der Waals surface area (Å²) in [7, 11) is 1.88. The number of amides is 2. The van der Waals surface area contributed by atoms with E-state index in [2.05, 4.69) is 26.8 Å². The second kappa shape index (κ2) is 13.7. The fraction of sp³-hybridized carbons (Fsp3) is 0.382. The molecule has 0 spiro atoms. The largest absolute Gasteiger partial charge is 0.353 e. The molecule has 2 fully saturated rings. The molecular formula is C34H37N9O2. The Hall–Kier alpha value is -5.11. The van der Waals surface area contributed by atoms with Gasteiger partial charge < -0.3 is 15.5 Å². The number of nitrogens with one attached hydrogen (secondary N) is 2. The standard InChI is InChI=1S/C34H37N9O2/c1-42-21-28(20-40-42)26-11-12-29(37-18-26)32(34(45)39-17-24-5-3-2-4-6-24)25-9-7-23(8-10-25)15-30-38-19-27(16-35)33(41-30)43-14-13-36-31(44)22-43/h2-6,11-12,18-21,23,25,32H,7-10,13-15,17,22H2,1H3,(H,36,44)(H,39,45). The SMILES string of the molecule is Cn1cc(-c2ccc(C(C(=O)NCc3ccccc3)C3CCC(Cc4ncc(C#N)c(N5CCNC(=O)C5)n4)CC3)nc2)cn1. The molecule has 1 atom stereocenters. The van der Waals surface area contributed by atoms with Crippen molar-refractivity contribution >= 4 is 17.6 Å². The van der Waals surface area contributed by atoms with Crippen molar-refractivity contribution in [3.8, 4) is 17.2 Å². The van der Waals surface area contributed by atoms with Crippen LogP contribution in [0.2, 0.25) is 0 Å². The van der Waals surface area contributed by atoms with E-state index in [-0.39, 0.29) is 30.2 Å². The second-order valence-corrected chi connectivity index (χ2v) is 11.9. The maximum absolute atomic E-state index is 13.8. The van der Waals surface area contributed by atoms with Gasteiger partial charge in [-0.15, -0.1) is 0 Å². The van der Waals surface area contributed by atoms with Gasteiger partial charge in [0.05, 0.1) is 30.6 Å². The zero-order chi connectivity index (χ0) is 31.2. The molecule has 6 rings (SSSR count). The molecule has 11 nitrogen and oxygen atoms in total. The van der Waals surface area contributed by atoms with E-state index in [9.17, 15) is 14.9 Å². The van der Waals surface area contributed by atoms with E-state index >= 15 is 0 Å². The third-order valence-corrected chi connectivity index (χ3v) is 8.85. The number of carbonyl (C=O) groups is 2. The minimum Gasteiger partial charge on any atom is -0.353 e. The van der Waals surface area contributed by atoms with Gasteiger partial charge in [0.1, 0.15) is 17.5 Å². The average molecular weight is 604 g/mol. The first-order valence-corrected chi connectivity index (χ1v) is 15.5. The van der Waals surface area contributed by atoms with Crippen molar-refractivity contribution < 1.29 is 9.59 Å². The number of aryl methyl sites for hydroxylation is 1. The van der Waals surface area contributed by atoms with E-state index in [1.807, 2.05) is 73.0 Å². The number of aromatic nitrogens is 5. The van der Waals surface area contributed by atoms with E-state index in [1.54, 1.807) is 10.9 Å². The Morgan fingerprint density at radius 1 is 1.07 bits per heavy atom. The fourth-order valence-corrected chi connectivity index (χ4v) is 6.44. The summed E-state index contributed by atoms with van der Waals surface area (Å²) in [5.41, 5.74) is 4.16. The van der Waals surface area contributed by atoms with Gasteiger partial charge in [0.25, 0.3) is 0 Å². The third kappa shape index (κ3) is 7.17. The summed E-state index contributed by atoms with van der Waals surface area (Å²) in [6.45, 7) is 1.78. The van der Waals surface area contributed by atoms with Crippen molar-refractivity contribution in [1.29, 1.82) is 5.26 Å². The highest BCUT2D eigenvalue weighted by molar-refractivity contribution is 5.84. The van der Waals surface area contributed by atoms with Crippen LogP contribution in [-0.2, 0) is 29.6 Å². The Morgan fingerprint density at radius 2 is 1.89 bits per heavy atom. The van der Waals surface area contributed by atoms with Gasteiger partial charge in [-0.05, 0) is 49.1 Å². The number of benzene rings is 1. The van der Waals surface area contributed by atoms with Crippen molar-refractivity contribution in [1.82, 2.24) is 35.4 Å². The van der Waals surface area contributed by atoms with Crippen LogP contribution in [0.25, 0.3) is 11.1 Å². The predicted octanol–water partition coefficient (Wildman–Crippen LogP) is 3.53. The third-order valence-electron chi connectivity index (χ3n) is 8.85. The second-order valence-electron chi connectivity index (χ2n) is 11.9. The lowest BCUT2D eigenvalue weighted by molar-refractivity contribution is -0.124. The Balaban J connectivity index is 1.15. The molecule has 1 saturated heterocycles. The Bertz CT molecular complexity index is 1670. The molecule has 2 aliphatic rings. The molecule has 4 heterocycles. The summed E-state index contributed by atoms with van der Waals surface area (Å²) in [6.07, 6.45) is 11.5. The summed E-state index contributed by atoms with van der Waals surface area (Å²) < 4.78 is 1.76. The maximum Gasteiger partial charge on any atom is 0.239 e. The van der Waals surface area contributed by atoms with E-state index in [0.717, 1.165) is 48.1 Å². The highest BCUT2D eigenvalue weighted by Crippen LogP contribution is 2.39. The molecule has 1 saturated carbocycles. The smallest absolute Gasteiger partial charge is 0.239 e. The van der Waals surface area contributed by atoms with E-state index in [1.165, 1.54) is 0 Å². The van der Waals surface area contributed by atoms with Crippen LogP contribution in [0.5, 0.6) is 0 Å². The highest BCUT2D eigenvalue weighted by atomic mass is 16.2. The minimum absolute atomic E-state index is 0.00503. The van der Waals surface area contributed by atoms with Crippen LogP contribution in [-0.4, -0.2) is 56.2 Å². The van der Waals surface area contributed by atoms with Crippen molar-refractivity contribution in [3.05, 3.63) is 89.9 Å². The molecular weight excluding hydrogens is 566 g/mol. The van der Waals surface area contributed by atoms with Gasteiger partial charge in [-0.3, -0.25) is 19.3 Å². The summed E-state index contributed by atoms with van der Waals surface area (Å²) >= 11 is 0. The molecule has 3 aromatic heterocycles. The molecule has 1 unspecified atom stereocenters. The summed E-state index contributed by atoms with van der Waals surface area (Å²) in [5.74, 6) is 1.28. The number of hydrogen-bond donors (Lipinski definition) is 2. The lowest BCUT2D eigenvalue weighted by Gasteiger charge is -2.33. The highest BCUT2D eigenvalue weighted by Gasteiger charge is 2.34. The molecule has 0 radical (unpaired) electrons. The number of rotatable bonds is 9. The molecule has 230 valence electrons. The monoisotopic (exact) mass is 603 g/mol. The first-order valence-electron chi connectivity index (χ1n) is 15.5. The quantitative estimate of drug-likeness (QED) is 0.296. The normalized spacial score (nSPS) is 18.9. The first kappa shape index (κ1) is 29.9. The van der Waals surface area contributed by atoms with Gasteiger partial charge >= 0.3 is 0 Å². The van der Waals surface area contributed by atoms with Crippen LogP contribution in [0.15, 0.2) is 67.3 Å². The van der Waals surface area contributed by atoms with E-state index in [0.29, 0.717) is 49.2 Å². The van der Waals surface area contributed by atoms with Crippen LogP contribution in [0.3, 0.4) is 0 Å². The van der Waals surface area contributed by atoms with Crippen molar-refractivity contribution in [2.24, 2.45) is 18.9 Å². The van der Waals surface area contributed by atoms with Crippen molar-refractivity contribution in [3.63, 3.8) is 0 Å². The molecule has 2 N–H and O–H groups in total. The average Bonchev–Trinajstić information content (AvgIpc) is 3.51. The van der Waals surface area contributed by atoms with Crippen LogP contribution in [0.4, 0.5) is 5.82 Å². The number of pyridine rings is 1. The zero-order valence-corrected chi connectivity index (χ0v) is 25.4. The molecule has 0 bridgehead atoms. The molecule has 2 amide bonds. The van der Waals surface area contributed by atoms with Crippen molar-refractivity contribution in [2.75, 3.05) is 24.5 Å². The lowest BCUT2D eigenvalue weighted by Crippen LogP contribution is -2.48. The number of anilines is 1. The summed E-state index contributed by atoms with van der Waals surface area (Å²) in [6, 6.07) is 16.1. The van der Waals surface area contributed by atoms with Gasteiger partial charge in [0, 0.05) is 56.6 Å². The molecule has 1 aromatic carbocycles. The molecule has 1 aliphatic carbocycles. The Labute approximate surface area is 262 Å². The number of piperazine rings is 1.